The Bertz CT molecular complexity index is 863. The largest absolute Gasteiger partial charge is 0.450 e. The highest BCUT2D eigenvalue weighted by molar-refractivity contribution is 8.26. The Morgan fingerprint density at radius 2 is 1.88 bits per heavy atom. The van der Waals surface area contributed by atoms with Gasteiger partial charge in [0.05, 0.1) is 9.83 Å². The van der Waals surface area contributed by atoms with Gasteiger partial charge in [-0.25, -0.2) is 0 Å². The standard InChI is InChI=1S/C16H10N2O4S2/c19-15-14(24-16(23)17-15)9-10-5-7-11(8-6-10)22-13-4-2-1-3-12(13)18(20)21/h1-9H,(H,17,19,23). The van der Waals surface area contributed by atoms with Crippen LogP contribution in [0.25, 0.3) is 6.08 Å². The summed E-state index contributed by atoms with van der Waals surface area (Å²) in [6, 6.07) is 13.0. The zero-order chi connectivity index (χ0) is 17.1. The minimum absolute atomic E-state index is 0.101. The number of nitrogens with zero attached hydrogens (tertiary/aromatic N) is 1. The number of benzene rings is 2. The van der Waals surface area contributed by atoms with Gasteiger partial charge in [0.15, 0.2) is 0 Å². The Morgan fingerprint density at radius 3 is 2.50 bits per heavy atom. The quantitative estimate of drug-likeness (QED) is 0.387. The van der Waals surface area contributed by atoms with Crippen LogP contribution in [-0.2, 0) is 4.79 Å². The van der Waals surface area contributed by atoms with Crippen molar-refractivity contribution in [1.82, 2.24) is 5.32 Å². The maximum atomic E-state index is 11.6. The third kappa shape index (κ3) is 3.61. The monoisotopic (exact) mass is 358 g/mol. The summed E-state index contributed by atoms with van der Waals surface area (Å²) >= 11 is 6.14. The lowest BCUT2D eigenvalue weighted by atomic mass is 10.2. The molecule has 8 heteroatoms. The van der Waals surface area contributed by atoms with E-state index in [0.717, 1.165) is 5.56 Å². The summed E-state index contributed by atoms with van der Waals surface area (Å²) in [5, 5.41) is 13.5. The van der Waals surface area contributed by atoms with Crippen LogP contribution in [0.3, 0.4) is 0 Å². The highest BCUT2D eigenvalue weighted by Crippen LogP contribution is 2.31. The van der Waals surface area contributed by atoms with E-state index >= 15 is 0 Å². The third-order valence-corrected chi connectivity index (χ3v) is 4.27. The van der Waals surface area contributed by atoms with Gasteiger partial charge in [0.25, 0.3) is 5.91 Å². The fraction of sp³-hybridized carbons (Fsp3) is 0. The van der Waals surface area contributed by atoms with E-state index in [0.29, 0.717) is 15.0 Å². The molecule has 0 unspecified atom stereocenters. The molecule has 1 aliphatic rings. The molecule has 0 spiro atoms. The molecule has 2 aromatic rings. The van der Waals surface area contributed by atoms with Crippen molar-refractivity contribution in [1.29, 1.82) is 0 Å². The van der Waals surface area contributed by atoms with Crippen LogP contribution in [0.4, 0.5) is 5.69 Å². The number of carbonyl (C=O) groups is 1. The molecule has 6 nitrogen and oxygen atoms in total. The normalized spacial score (nSPS) is 15.4. The number of hydrogen-bond donors (Lipinski definition) is 1. The molecule has 0 bridgehead atoms. The van der Waals surface area contributed by atoms with E-state index in [-0.39, 0.29) is 17.3 Å². The zero-order valence-electron chi connectivity index (χ0n) is 12.1. The van der Waals surface area contributed by atoms with Gasteiger partial charge in [-0.1, -0.05) is 48.2 Å². The number of nitro benzene ring substituents is 1. The number of nitrogens with one attached hydrogen (secondary N) is 1. The number of rotatable bonds is 4. The van der Waals surface area contributed by atoms with Gasteiger partial charge in [0.2, 0.25) is 5.75 Å². The molecule has 120 valence electrons. The number of amides is 1. The second-order valence-corrected chi connectivity index (χ2v) is 6.47. The van der Waals surface area contributed by atoms with Crippen LogP contribution < -0.4 is 10.1 Å². The summed E-state index contributed by atoms with van der Waals surface area (Å²) in [5.74, 6) is 0.417. The van der Waals surface area contributed by atoms with E-state index in [1.165, 1.54) is 23.9 Å². The predicted octanol–water partition coefficient (Wildman–Crippen LogP) is 3.88. The maximum absolute atomic E-state index is 11.6. The summed E-state index contributed by atoms with van der Waals surface area (Å²) in [6.45, 7) is 0. The Balaban J connectivity index is 1.79. The van der Waals surface area contributed by atoms with E-state index in [1.54, 1.807) is 42.5 Å². The fourth-order valence-corrected chi connectivity index (χ4v) is 3.07. The van der Waals surface area contributed by atoms with Crippen LogP contribution in [-0.4, -0.2) is 15.2 Å². The van der Waals surface area contributed by atoms with E-state index in [9.17, 15) is 14.9 Å². The summed E-state index contributed by atoms with van der Waals surface area (Å²) in [4.78, 5) is 22.6. The number of ether oxygens (including phenoxy) is 1. The summed E-state index contributed by atoms with van der Waals surface area (Å²) in [7, 11) is 0. The Morgan fingerprint density at radius 1 is 1.17 bits per heavy atom. The molecule has 0 aromatic heterocycles. The molecule has 24 heavy (non-hydrogen) atoms. The smallest absolute Gasteiger partial charge is 0.311 e. The van der Waals surface area contributed by atoms with Gasteiger partial charge < -0.3 is 10.1 Å². The minimum Gasteiger partial charge on any atom is -0.450 e. The average Bonchev–Trinajstić information content (AvgIpc) is 2.87. The maximum Gasteiger partial charge on any atom is 0.311 e. The average molecular weight is 358 g/mol. The molecule has 0 atom stereocenters. The van der Waals surface area contributed by atoms with Crippen molar-refractivity contribution in [2.24, 2.45) is 0 Å². The first-order valence-electron chi connectivity index (χ1n) is 6.79. The van der Waals surface area contributed by atoms with E-state index in [1.807, 2.05) is 0 Å². The predicted molar refractivity (Wildman–Crippen MR) is 95.9 cm³/mol. The summed E-state index contributed by atoms with van der Waals surface area (Å²) in [5.41, 5.74) is 0.698. The van der Waals surface area contributed by atoms with Gasteiger partial charge >= 0.3 is 5.69 Å². The first-order chi connectivity index (χ1) is 11.5. The molecule has 1 N–H and O–H groups in total. The second-order valence-electron chi connectivity index (χ2n) is 4.75. The molecule has 0 radical (unpaired) electrons. The van der Waals surface area contributed by atoms with Crippen molar-refractivity contribution >= 4 is 46.0 Å². The van der Waals surface area contributed by atoms with Gasteiger partial charge in [0.1, 0.15) is 10.1 Å². The van der Waals surface area contributed by atoms with Crippen LogP contribution in [0, 0.1) is 10.1 Å². The lowest BCUT2D eigenvalue weighted by molar-refractivity contribution is -0.385. The number of para-hydroxylation sites is 2. The number of carbonyl (C=O) groups excluding carboxylic acids is 1. The van der Waals surface area contributed by atoms with Crippen molar-refractivity contribution in [2.45, 2.75) is 0 Å². The topological polar surface area (TPSA) is 81.5 Å². The van der Waals surface area contributed by atoms with Crippen LogP contribution >= 0.6 is 24.0 Å². The summed E-state index contributed by atoms with van der Waals surface area (Å²) in [6.07, 6.45) is 1.72. The van der Waals surface area contributed by atoms with Gasteiger partial charge in [-0.3, -0.25) is 14.9 Å². The highest BCUT2D eigenvalue weighted by Gasteiger charge is 2.21. The van der Waals surface area contributed by atoms with Gasteiger partial charge in [-0.05, 0) is 29.8 Å². The Kier molecular flexibility index (Phi) is 4.59. The number of thioether (sulfide) groups is 1. The van der Waals surface area contributed by atoms with Gasteiger partial charge in [0, 0.05) is 6.07 Å². The van der Waals surface area contributed by atoms with E-state index < -0.39 is 4.92 Å². The lowest BCUT2D eigenvalue weighted by Crippen LogP contribution is -2.17. The molecule has 0 saturated carbocycles. The van der Waals surface area contributed by atoms with Crippen LogP contribution in [0.2, 0.25) is 0 Å². The molecule has 1 fully saturated rings. The zero-order valence-corrected chi connectivity index (χ0v) is 13.7. The Hall–Kier alpha value is -2.71. The van der Waals surface area contributed by atoms with Crippen LogP contribution in [0.1, 0.15) is 5.56 Å². The Labute approximate surface area is 146 Å². The number of hydrogen-bond acceptors (Lipinski definition) is 6. The molecule has 2 aromatic carbocycles. The van der Waals surface area contributed by atoms with Crippen molar-refractivity contribution in [3.63, 3.8) is 0 Å². The number of nitro groups is 1. The van der Waals surface area contributed by atoms with Crippen molar-refractivity contribution in [2.75, 3.05) is 0 Å². The molecule has 1 heterocycles. The fourth-order valence-electron chi connectivity index (χ4n) is 2.03. The lowest BCUT2D eigenvalue weighted by Gasteiger charge is -2.06. The first-order valence-corrected chi connectivity index (χ1v) is 8.01. The van der Waals surface area contributed by atoms with E-state index in [4.69, 9.17) is 17.0 Å². The minimum atomic E-state index is -0.493. The molecule has 3 rings (SSSR count). The third-order valence-electron chi connectivity index (χ3n) is 3.11. The molecule has 1 saturated heterocycles. The van der Waals surface area contributed by atoms with Crippen molar-refractivity contribution in [3.05, 3.63) is 69.1 Å². The molecule has 1 amide bonds. The molecular weight excluding hydrogens is 348 g/mol. The second kappa shape index (κ2) is 6.81. The van der Waals surface area contributed by atoms with Crippen LogP contribution in [0.15, 0.2) is 53.4 Å². The van der Waals surface area contributed by atoms with Crippen molar-refractivity contribution in [3.8, 4) is 11.5 Å². The van der Waals surface area contributed by atoms with Gasteiger partial charge in [-0.2, -0.15) is 0 Å². The molecule has 0 aliphatic carbocycles. The molecule has 1 aliphatic heterocycles. The van der Waals surface area contributed by atoms with Crippen molar-refractivity contribution < 1.29 is 14.5 Å². The van der Waals surface area contributed by atoms with Crippen LogP contribution in [0.5, 0.6) is 11.5 Å². The first kappa shape index (κ1) is 16.2. The molecular formula is C16H10N2O4S2. The van der Waals surface area contributed by atoms with Gasteiger partial charge in [-0.15, -0.1) is 0 Å². The number of thiocarbonyl (C=S) groups is 1. The van der Waals surface area contributed by atoms with E-state index in [2.05, 4.69) is 5.32 Å². The highest BCUT2D eigenvalue weighted by atomic mass is 32.2. The SMILES string of the molecule is O=C1NC(=S)SC1=Cc1ccc(Oc2ccccc2[N+](=O)[O-])cc1. The summed E-state index contributed by atoms with van der Waals surface area (Å²) < 4.78 is 6.00.